The zero-order chi connectivity index (χ0) is 11.4. The van der Waals surface area contributed by atoms with Gasteiger partial charge in [0.25, 0.3) is 0 Å². The van der Waals surface area contributed by atoms with Crippen molar-refractivity contribution in [1.29, 1.82) is 0 Å². The van der Waals surface area contributed by atoms with Crippen LogP contribution in [0, 0.1) is 0 Å². The first-order valence-corrected chi connectivity index (χ1v) is 6.10. The molecule has 0 aromatic carbocycles. The van der Waals surface area contributed by atoms with Crippen molar-refractivity contribution >= 4 is 16.5 Å². The second kappa shape index (κ2) is 5.14. The highest BCUT2D eigenvalue weighted by atomic mass is 32.1. The second-order valence-corrected chi connectivity index (χ2v) is 4.45. The summed E-state index contributed by atoms with van der Waals surface area (Å²) in [6, 6.07) is 3.89. The van der Waals surface area contributed by atoms with E-state index in [0.717, 1.165) is 31.1 Å². The smallest absolute Gasteiger partial charge is 0.180 e. The number of hydrogen-bond donors (Lipinski definition) is 1. The van der Waals surface area contributed by atoms with Crippen LogP contribution in [0.2, 0.25) is 0 Å². The molecule has 0 saturated carbocycles. The van der Waals surface area contributed by atoms with E-state index in [1.165, 1.54) is 11.3 Å². The number of anilines is 1. The molecule has 2 aromatic heterocycles. The Bertz CT molecular complexity index is 424. The Labute approximate surface area is 98.7 Å². The zero-order valence-electron chi connectivity index (χ0n) is 9.22. The SMILES string of the molecule is CCN(Cc1csc(N)n1)Cc1ccco1. The van der Waals surface area contributed by atoms with Gasteiger partial charge in [-0.2, -0.15) is 0 Å². The lowest BCUT2D eigenvalue weighted by atomic mass is 10.3. The van der Waals surface area contributed by atoms with Gasteiger partial charge in [0.15, 0.2) is 5.13 Å². The standard InChI is InChI=1S/C11H15N3OS/c1-2-14(7-10-4-3-5-15-10)6-9-8-16-11(12)13-9/h3-5,8H,2,6-7H2,1H3,(H2,12,13). The van der Waals surface area contributed by atoms with Gasteiger partial charge in [0, 0.05) is 11.9 Å². The topological polar surface area (TPSA) is 55.3 Å². The fraction of sp³-hybridized carbons (Fsp3) is 0.364. The summed E-state index contributed by atoms with van der Waals surface area (Å²) in [5.74, 6) is 0.977. The predicted molar refractivity (Wildman–Crippen MR) is 65.0 cm³/mol. The monoisotopic (exact) mass is 237 g/mol. The number of nitrogen functional groups attached to an aromatic ring is 1. The van der Waals surface area contributed by atoms with Crippen LogP contribution in [0.5, 0.6) is 0 Å². The van der Waals surface area contributed by atoms with E-state index in [1.807, 2.05) is 17.5 Å². The maximum absolute atomic E-state index is 5.60. The largest absolute Gasteiger partial charge is 0.468 e. The van der Waals surface area contributed by atoms with Crippen LogP contribution in [0.1, 0.15) is 18.4 Å². The van der Waals surface area contributed by atoms with Gasteiger partial charge in [0.05, 0.1) is 18.5 Å². The lowest BCUT2D eigenvalue weighted by Gasteiger charge is -2.17. The Hall–Kier alpha value is -1.33. The number of aromatic nitrogens is 1. The van der Waals surface area contributed by atoms with Crippen LogP contribution in [0.15, 0.2) is 28.2 Å². The van der Waals surface area contributed by atoms with Gasteiger partial charge in [0.2, 0.25) is 0 Å². The van der Waals surface area contributed by atoms with Crippen molar-refractivity contribution in [2.24, 2.45) is 0 Å². The zero-order valence-corrected chi connectivity index (χ0v) is 10.0. The van der Waals surface area contributed by atoms with Crippen molar-refractivity contribution in [2.75, 3.05) is 12.3 Å². The van der Waals surface area contributed by atoms with Gasteiger partial charge in [-0.1, -0.05) is 6.92 Å². The van der Waals surface area contributed by atoms with Gasteiger partial charge in [-0.15, -0.1) is 11.3 Å². The molecule has 2 heterocycles. The molecule has 0 radical (unpaired) electrons. The summed E-state index contributed by atoms with van der Waals surface area (Å²) in [6.45, 7) is 4.70. The average molecular weight is 237 g/mol. The third-order valence-electron chi connectivity index (χ3n) is 2.36. The summed E-state index contributed by atoms with van der Waals surface area (Å²) < 4.78 is 5.32. The minimum absolute atomic E-state index is 0.629. The first-order chi connectivity index (χ1) is 7.78. The molecule has 0 amide bonds. The lowest BCUT2D eigenvalue weighted by Crippen LogP contribution is -2.22. The number of nitrogens with zero attached hydrogens (tertiary/aromatic N) is 2. The molecule has 0 saturated heterocycles. The van der Waals surface area contributed by atoms with E-state index in [9.17, 15) is 0 Å². The van der Waals surface area contributed by atoms with Crippen molar-refractivity contribution in [2.45, 2.75) is 20.0 Å². The second-order valence-electron chi connectivity index (χ2n) is 3.56. The summed E-state index contributed by atoms with van der Waals surface area (Å²) in [5.41, 5.74) is 6.63. The number of furan rings is 1. The van der Waals surface area contributed by atoms with E-state index >= 15 is 0 Å². The molecule has 0 aliphatic heterocycles. The first kappa shape index (κ1) is 11.2. The fourth-order valence-corrected chi connectivity index (χ4v) is 2.08. The quantitative estimate of drug-likeness (QED) is 0.867. The molecule has 0 bridgehead atoms. The number of thiazole rings is 1. The van der Waals surface area contributed by atoms with Gasteiger partial charge >= 0.3 is 0 Å². The molecular formula is C11H15N3OS. The van der Waals surface area contributed by atoms with Crippen LogP contribution < -0.4 is 5.73 Å². The number of hydrogen-bond acceptors (Lipinski definition) is 5. The normalized spacial score (nSPS) is 11.1. The van der Waals surface area contributed by atoms with Crippen molar-refractivity contribution in [3.63, 3.8) is 0 Å². The van der Waals surface area contributed by atoms with Crippen LogP contribution in [-0.2, 0) is 13.1 Å². The number of rotatable bonds is 5. The van der Waals surface area contributed by atoms with E-state index in [1.54, 1.807) is 6.26 Å². The van der Waals surface area contributed by atoms with Gasteiger partial charge in [-0.25, -0.2) is 4.98 Å². The minimum Gasteiger partial charge on any atom is -0.468 e. The van der Waals surface area contributed by atoms with Crippen molar-refractivity contribution in [3.05, 3.63) is 35.2 Å². The van der Waals surface area contributed by atoms with E-state index < -0.39 is 0 Å². The highest BCUT2D eigenvalue weighted by Crippen LogP contribution is 2.14. The Morgan fingerprint density at radius 2 is 2.38 bits per heavy atom. The molecule has 2 rings (SSSR count). The molecule has 0 atom stereocenters. The van der Waals surface area contributed by atoms with Gasteiger partial charge < -0.3 is 10.2 Å². The van der Waals surface area contributed by atoms with Crippen LogP contribution >= 0.6 is 11.3 Å². The fourth-order valence-electron chi connectivity index (χ4n) is 1.53. The highest BCUT2D eigenvalue weighted by Gasteiger charge is 2.08. The van der Waals surface area contributed by atoms with E-state index in [-0.39, 0.29) is 0 Å². The van der Waals surface area contributed by atoms with Crippen molar-refractivity contribution < 1.29 is 4.42 Å². The number of nitrogens with two attached hydrogens (primary N) is 1. The summed E-state index contributed by atoms with van der Waals surface area (Å²) in [6.07, 6.45) is 1.70. The molecule has 2 aromatic rings. The molecule has 5 heteroatoms. The molecule has 0 aliphatic rings. The summed E-state index contributed by atoms with van der Waals surface area (Å²) >= 11 is 1.48. The molecule has 0 fully saturated rings. The van der Waals surface area contributed by atoms with Crippen molar-refractivity contribution in [3.8, 4) is 0 Å². The Morgan fingerprint density at radius 1 is 1.50 bits per heavy atom. The molecule has 0 unspecified atom stereocenters. The van der Waals surface area contributed by atoms with Gasteiger partial charge in [-0.3, -0.25) is 4.90 Å². The van der Waals surface area contributed by atoms with Crippen LogP contribution in [0.3, 0.4) is 0 Å². The molecule has 16 heavy (non-hydrogen) atoms. The predicted octanol–water partition coefficient (Wildman–Crippen LogP) is 2.34. The maximum atomic E-state index is 5.60. The summed E-state index contributed by atoms with van der Waals surface area (Å²) in [5, 5.41) is 2.63. The molecule has 2 N–H and O–H groups in total. The van der Waals surface area contributed by atoms with Crippen LogP contribution in [0.4, 0.5) is 5.13 Å². The molecular weight excluding hydrogens is 222 g/mol. The molecule has 0 spiro atoms. The van der Waals surface area contributed by atoms with Gasteiger partial charge in [0.1, 0.15) is 5.76 Å². The average Bonchev–Trinajstić information content (AvgIpc) is 2.89. The molecule has 86 valence electrons. The van der Waals surface area contributed by atoms with E-state index in [0.29, 0.717) is 5.13 Å². The Kier molecular flexibility index (Phi) is 3.58. The lowest BCUT2D eigenvalue weighted by molar-refractivity contribution is 0.245. The minimum atomic E-state index is 0.629. The molecule has 4 nitrogen and oxygen atoms in total. The first-order valence-electron chi connectivity index (χ1n) is 5.22. The Morgan fingerprint density at radius 3 is 2.94 bits per heavy atom. The summed E-state index contributed by atoms with van der Waals surface area (Å²) in [7, 11) is 0. The van der Waals surface area contributed by atoms with Crippen LogP contribution in [0.25, 0.3) is 0 Å². The highest BCUT2D eigenvalue weighted by molar-refractivity contribution is 7.13. The third-order valence-corrected chi connectivity index (χ3v) is 3.08. The van der Waals surface area contributed by atoms with Crippen molar-refractivity contribution in [1.82, 2.24) is 9.88 Å². The third kappa shape index (κ3) is 2.84. The summed E-state index contributed by atoms with van der Waals surface area (Å²) in [4.78, 5) is 6.51. The van der Waals surface area contributed by atoms with Crippen LogP contribution in [-0.4, -0.2) is 16.4 Å². The maximum Gasteiger partial charge on any atom is 0.180 e. The van der Waals surface area contributed by atoms with E-state index in [2.05, 4.69) is 16.8 Å². The Balaban J connectivity index is 1.95. The van der Waals surface area contributed by atoms with Gasteiger partial charge in [-0.05, 0) is 18.7 Å². The van der Waals surface area contributed by atoms with E-state index in [4.69, 9.17) is 10.2 Å². The molecule has 0 aliphatic carbocycles.